The number of carbonyl (C=O) groups is 3. The molecule has 11 nitrogen and oxygen atoms in total. The quantitative estimate of drug-likeness (QED) is 0.471. The maximum Gasteiger partial charge on any atom is 0.322 e. The fourth-order valence-corrected chi connectivity index (χ4v) is 3.89. The number of halogens is 1. The van der Waals surface area contributed by atoms with E-state index < -0.39 is 17.8 Å². The van der Waals surface area contributed by atoms with Gasteiger partial charge in [-0.2, -0.15) is 0 Å². The van der Waals surface area contributed by atoms with Crippen molar-refractivity contribution in [1.82, 2.24) is 24.5 Å². The molecular weight excluding hydrogens is 445 g/mol. The van der Waals surface area contributed by atoms with Crippen molar-refractivity contribution in [1.29, 1.82) is 0 Å². The first kappa shape index (κ1) is 21.2. The molecule has 34 heavy (non-hydrogen) atoms. The molecule has 1 aliphatic rings. The van der Waals surface area contributed by atoms with Crippen LogP contribution in [0.4, 0.5) is 14.9 Å². The molecule has 172 valence electrons. The molecule has 0 bridgehead atoms. The van der Waals surface area contributed by atoms with Crippen LogP contribution in [0.2, 0.25) is 0 Å². The Bertz CT molecular complexity index is 1500. The number of aromatic nitrogens is 4. The van der Waals surface area contributed by atoms with Gasteiger partial charge in [0.15, 0.2) is 17.3 Å². The van der Waals surface area contributed by atoms with E-state index in [-0.39, 0.29) is 29.3 Å². The summed E-state index contributed by atoms with van der Waals surface area (Å²) in [6.45, 7) is 0.311. The Labute approximate surface area is 191 Å². The molecule has 0 aliphatic carbocycles. The number of amides is 3. The van der Waals surface area contributed by atoms with Crippen molar-refractivity contribution >= 4 is 40.1 Å². The topological polar surface area (TPSA) is 145 Å². The van der Waals surface area contributed by atoms with E-state index in [9.17, 15) is 18.8 Å². The Morgan fingerprint density at radius 2 is 2.03 bits per heavy atom. The number of primary amides is 1. The molecule has 1 aliphatic heterocycles. The highest BCUT2D eigenvalue weighted by molar-refractivity contribution is 6.00. The number of anilines is 1. The Balaban J connectivity index is 1.56. The number of methoxy groups -OCH3 is 1. The molecule has 1 saturated heterocycles. The predicted molar refractivity (Wildman–Crippen MR) is 119 cm³/mol. The summed E-state index contributed by atoms with van der Waals surface area (Å²) in [5.74, 6) is -0.845. The summed E-state index contributed by atoms with van der Waals surface area (Å²) in [4.78, 5) is 41.3. The number of hydrogen-bond donors (Lipinski definition) is 2. The van der Waals surface area contributed by atoms with Gasteiger partial charge in [-0.3, -0.25) is 19.0 Å². The average molecular weight is 463 g/mol. The van der Waals surface area contributed by atoms with Crippen molar-refractivity contribution in [2.45, 2.75) is 6.42 Å². The number of nitrogens with zero attached hydrogens (tertiary/aromatic N) is 5. The van der Waals surface area contributed by atoms with Crippen molar-refractivity contribution in [3.8, 4) is 17.1 Å². The third-order valence-corrected chi connectivity index (χ3v) is 5.59. The van der Waals surface area contributed by atoms with Crippen LogP contribution in [-0.4, -0.2) is 62.4 Å². The predicted octanol–water partition coefficient (Wildman–Crippen LogP) is 2.00. The van der Waals surface area contributed by atoms with Crippen LogP contribution < -0.4 is 15.8 Å². The van der Waals surface area contributed by atoms with Crippen LogP contribution in [0.1, 0.15) is 16.8 Å². The number of benzene rings is 2. The summed E-state index contributed by atoms with van der Waals surface area (Å²) < 4.78 is 21.8. The van der Waals surface area contributed by atoms with E-state index in [1.165, 1.54) is 36.4 Å². The van der Waals surface area contributed by atoms with E-state index in [1.807, 2.05) is 0 Å². The van der Waals surface area contributed by atoms with Gasteiger partial charge in [-0.1, -0.05) is 0 Å². The van der Waals surface area contributed by atoms with E-state index >= 15 is 0 Å². The van der Waals surface area contributed by atoms with Gasteiger partial charge in [-0.15, -0.1) is 10.2 Å². The van der Waals surface area contributed by atoms with Crippen LogP contribution >= 0.6 is 0 Å². The van der Waals surface area contributed by atoms with Gasteiger partial charge in [-0.05, 0) is 24.3 Å². The number of carbonyl (C=O) groups excluding carboxylic acids is 3. The number of rotatable bonds is 4. The van der Waals surface area contributed by atoms with Gasteiger partial charge in [-0.25, -0.2) is 9.18 Å². The Kier molecular flexibility index (Phi) is 5.04. The molecule has 2 aromatic carbocycles. The zero-order valence-corrected chi connectivity index (χ0v) is 17.9. The minimum absolute atomic E-state index is 0.0104. The highest BCUT2D eigenvalue weighted by Gasteiger charge is 2.25. The van der Waals surface area contributed by atoms with E-state index in [0.29, 0.717) is 41.0 Å². The van der Waals surface area contributed by atoms with Gasteiger partial charge in [0.1, 0.15) is 11.6 Å². The number of urea groups is 1. The smallest absolute Gasteiger partial charge is 0.322 e. The molecule has 12 heteroatoms. The highest BCUT2D eigenvalue weighted by atomic mass is 19.1. The van der Waals surface area contributed by atoms with Crippen molar-refractivity contribution in [3.63, 3.8) is 0 Å². The lowest BCUT2D eigenvalue weighted by Gasteiger charge is -2.16. The van der Waals surface area contributed by atoms with Gasteiger partial charge in [0.05, 0.1) is 42.1 Å². The molecule has 0 atom stereocenters. The van der Waals surface area contributed by atoms with Crippen molar-refractivity contribution in [2.75, 3.05) is 25.5 Å². The second-order valence-corrected chi connectivity index (χ2v) is 7.72. The first-order chi connectivity index (χ1) is 16.4. The SMILES string of the molecule is COc1cc2ncc3nnc(-c4ccc(NC(=O)N5CCC(=O)C5)c(F)c4)n3c2cc1C(N)=O. The molecule has 5 rings (SSSR count). The first-order valence-electron chi connectivity index (χ1n) is 10.2. The second-order valence-electron chi connectivity index (χ2n) is 7.72. The number of nitrogens with one attached hydrogen (secondary N) is 1. The summed E-state index contributed by atoms with van der Waals surface area (Å²) in [6, 6.07) is 6.74. The standard InChI is InChI=1S/C22H18FN7O4/c1-34-18-8-16-17(7-13(18)20(24)32)30-19(9-25-16)27-28-21(30)11-2-3-15(14(23)6-11)26-22(33)29-5-4-12(31)10-29/h2-3,6-9H,4-5,10H2,1H3,(H2,24,32)(H,26,33). The average Bonchev–Trinajstić information content (AvgIpc) is 3.46. The van der Waals surface area contributed by atoms with Crippen LogP contribution in [0.15, 0.2) is 36.5 Å². The fraction of sp³-hybridized carbons (Fsp3) is 0.182. The maximum absolute atomic E-state index is 14.9. The lowest BCUT2D eigenvalue weighted by Crippen LogP contribution is -2.33. The third kappa shape index (κ3) is 3.54. The molecule has 0 spiro atoms. The van der Waals surface area contributed by atoms with Crippen LogP contribution in [-0.2, 0) is 4.79 Å². The summed E-state index contributed by atoms with van der Waals surface area (Å²) in [7, 11) is 1.42. The Hall–Kier alpha value is -4.61. The molecule has 0 saturated carbocycles. The third-order valence-electron chi connectivity index (χ3n) is 5.59. The van der Waals surface area contributed by atoms with Gasteiger partial charge >= 0.3 is 6.03 Å². The highest BCUT2D eigenvalue weighted by Crippen LogP contribution is 2.29. The van der Waals surface area contributed by atoms with Crippen LogP contribution in [0, 0.1) is 5.82 Å². The van der Waals surface area contributed by atoms with Crippen LogP contribution in [0.5, 0.6) is 5.75 Å². The van der Waals surface area contributed by atoms with Gasteiger partial charge in [0, 0.05) is 24.6 Å². The summed E-state index contributed by atoms with van der Waals surface area (Å²) in [5, 5.41) is 10.7. The van der Waals surface area contributed by atoms with Gasteiger partial charge < -0.3 is 20.7 Å². The van der Waals surface area contributed by atoms with Crippen molar-refractivity contribution in [3.05, 3.63) is 47.9 Å². The van der Waals surface area contributed by atoms with Crippen LogP contribution in [0.25, 0.3) is 28.1 Å². The summed E-state index contributed by atoms with van der Waals surface area (Å²) in [6.07, 6.45) is 1.78. The molecule has 3 amide bonds. The molecular formula is C22H18FN7O4. The normalized spacial score (nSPS) is 13.6. The molecule has 1 fully saturated rings. The zero-order chi connectivity index (χ0) is 24.0. The van der Waals surface area contributed by atoms with Crippen molar-refractivity contribution < 1.29 is 23.5 Å². The number of ether oxygens (including phenoxy) is 1. The zero-order valence-electron chi connectivity index (χ0n) is 17.9. The molecule has 3 heterocycles. The first-order valence-corrected chi connectivity index (χ1v) is 10.2. The van der Waals surface area contributed by atoms with Crippen molar-refractivity contribution in [2.24, 2.45) is 5.73 Å². The van der Waals surface area contributed by atoms with Gasteiger partial charge in [0.2, 0.25) is 0 Å². The van der Waals surface area contributed by atoms with E-state index in [0.717, 1.165) is 0 Å². The molecule has 0 unspecified atom stereocenters. The Morgan fingerprint density at radius 1 is 1.21 bits per heavy atom. The van der Waals surface area contributed by atoms with Crippen LogP contribution in [0.3, 0.4) is 0 Å². The summed E-state index contributed by atoms with van der Waals surface area (Å²) in [5.41, 5.74) is 7.32. The number of ketones is 1. The van der Waals surface area contributed by atoms with Gasteiger partial charge in [0.25, 0.3) is 5.91 Å². The number of hydrogen-bond acceptors (Lipinski definition) is 7. The lowest BCUT2D eigenvalue weighted by atomic mass is 10.1. The molecule has 0 radical (unpaired) electrons. The second kappa shape index (κ2) is 8.06. The van der Waals surface area contributed by atoms with E-state index in [2.05, 4.69) is 20.5 Å². The summed E-state index contributed by atoms with van der Waals surface area (Å²) >= 11 is 0. The van der Waals surface area contributed by atoms with E-state index in [4.69, 9.17) is 10.5 Å². The largest absolute Gasteiger partial charge is 0.496 e. The molecule has 3 N–H and O–H groups in total. The lowest BCUT2D eigenvalue weighted by molar-refractivity contribution is -0.116. The molecule has 4 aromatic rings. The fourth-order valence-electron chi connectivity index (χ4n) is 3.89. The minimum Gasteiger partial charge on any atom is -0.496 e. The molecule has 2 aromatic heterocycles. The number of likely N-dealkylation sites (tertiary alicyclic amines) is 1. The Morgan fingerprint density at radius 3 is 2.71 bits per heavy atom. The number of nitrogens with two attached hydrogens (primary N) is 1. The minimum atomic E-state index is -0.689. The monoisotopic (exact) mass is 463 g/mol. The number of fused-ring (bicyclic) bond motifs is 3. The van der Waals surface area contributed by atoms with E-state index in [1.54, 1.807) is 16.5 Å². The maximum atomic E-state index is 14.9. The number of Topliss-reactive ketones (excluding diaryl/α,β-unsaturated/α-hetero) is 1.